The quantitative estimate of drug-likeness (QED) is 0.351. The van der Waals surface area contributed by atoms with E-state index in [4.69, 9.17) is 4.55 Å². The van der Waals surface area contributed by atoms with E-state index in [9.17, 15) is 8.42 Å². The van der Waals surface area contributed by atoms with Crippen LogP contribution in [0, 0.1) is 0 Å². The fourth-order valence-electron chi connectivity index (χ4n) is 0. The maximum absolute atomic E-state index is 9.19. The summed E-state index contributed by atoms with van der Waals surface area (Å²) in [6.07, 6.45) is 0.715. The summed E-state index contributed by atoms with van der Waals surface area (Å²) < 4.78 is 25.9. The minimum absolute atomic E-state index is 0.715. The van der Waals surface area contributed by atoms with E-state index in [1.807, 2.05) is 23.3 Å². The molecule has 0 radical (unpaired) electrons. The van der Waals surface area contributed by atoms with Gasteiger partial charge in [-0.05, 0) is 0 Å². The summed E-state index contributed by atoms with van der Waals surface area (Å²) in [5.74, 6) is 0. The Morgan fingerprint density at radius 3 is 1.43 bits per heavy atom. The van der Waals surface area contributed by atoms with Crippen molar-refractivity contribution in [3.05, 3.63) is 0 Å². The van der Waals surface area contributed by atoms with Crippen molar-refractivity contribution in [3.63, 3.8) is 0 Å². The van der Waals surface area contributed by atoms with Crippen molar-refractivity contribution in [2.75, 3.05) is 6.26 Å². The third-order valence-electron chi connectivity index (χ3n) is 0. The fraction of sp³-hybridized carbons (Fsp3) is 1.00. The third-order valence-corrected chi connectivity index (χ3v) is 0. The van der Waals surface area contributed by atoms with Gasteiger partial charge in [0.2, 0.25) is 0 Å². The van der Waals surface area contributed by atoms with Crippen molar-refractivity contribution in [1.82, 2.24) is 0 Å². The summed E-state index contributed by atoms with van der Waals surface area (Å²) >= 11 is 2.00. The molecular weight excluding hydrogens is 111 g/mol. The summed E-state index contributed by atoms with van der Waals surface area (Å²) in [4.78, 5) is 0. The topological polar surface area (TPSA) is 54.4 Å². The van der Waals surface area contributed by atoms with Crippen molar-refractivity contribution < 1.29 is 13.0 Å². The molecule has 0 aliphatic carbocycles. The number of hydrogen-bond donors (Lipinski definition) is 1. The van der Waals surface area contributed by atoms with Crippen LogP contribution in [0.1, 0.15) is 0 Å². The van der Waals surface area contributed by atoms with Gasteiger partial charge in [0.05, 0.1) is 6.26 Å². The number of rotatable bonds is 0. The molecule has 0 atom stereocenters. The van der Waals surface area contributed by atoms with Crippen molar-refractivity contribution in [3.8, 4) is 0 Å². The predicted molar refractivity (Wildman–Crippen MR) is 29.1 cm³/mol. The molecule has 0 aliphatic rings. The first-order valence-corrected chi connectivity index (χ1v) is 3.77. The van der Waals surface area contributed by atoms with Gasteiger partial charge in [-0.1, -0.05) is 0 Å². The van der Waals surface area contributed by atoms with E-state index in [0.717, 1.165) is 0 Å². The molecule has 1 N–H and O–H groups in total. The van der Waals surface area contributed by atoms with Crippen LogP contribution in [0.5, 0.6) is 0 Å². The van der Waals surface area contributed by atoms with Gasteiger partial charge >= 0.3 is 23.3 Å². The molecule has 0 rings (SSSR count). The molecule has 0 amide bonds. The molecule has 0 aromatic carbocycles. The Hall–Kier alpha value is 0.507. The Kier molecular flexibility index (Phi) is 6.98. The molecule has 0 bridgehead atoms. The monoisotopic (exact) mass is 118 g/mol. The van der Waals surface area contributed by atoms with Crippen LogP contribution in [-0.2, 0) is 10.1 Å². The normalized spacial score (nSPS) is 9.29. The Labute approximate surface area is 53.1 Å². The first-order valence-electron chi connectivity index (χ1n) is 1.92. The molecule has 3 nitrogen and oxygen atoms in total. The van der Waals surface area contributed by atoms with Crippen molar-refractivity contribution >= 4 is 27.8 Å². The summed E-state index contributed by atoms with van der Waals surface area (Å²) in [6, 6.07) is 0. The van der Waals surface area contributed by atoms with Crippen LogP contribution in [0.4, 0.5) is 0 Å². The fourth-order valence-corrected chi connectivity index (χ4v) is 0. The Morgan fingerprint density at radius 1 is 1.43 bits per heavy atom. The molecule has 5 heteroatoms. The standard InChI is InChI=1S/CH4O3S.CH3.Li/c1-5(2,3)4;;/h1H3,(H,2,3,4);1H3;. The molecule has 0 aromatic rings. The second-order valence-electron chi connectivity index (χ2n) is 0.733. The zero-order valence-electron chi connectivity index (χ0n) is 4.67. The van der Waals surface area contributed by atoms with Crippen LogP contribution >= 0.6 is 0 Å². The Morgan fingerprint density at radius 2 is 1.43 bits per heavy atom. The van der Waals surface area contributed by atoms with Crippen LogP contribution in [0.3, 0.4) is 0 Å². The summed E-state index contributed by atoms with van der Waals surface area (Å²) in [6.45, 7) is 0. The van der Waals surface area contributed by atoms with Gasteiger partial charge in [-0.2, -0.15) is 8.42 Å². The van der Waals surface area contributed by atoms with Gasteiger partial charge in [-0.25, -0.2) is 0 Å². The second-order valence-corrected chi connectivity index (χ2v) is 2.20. The summed E-state index contributed by atoms with van der Waals surface area (Å²) in [5, 5.41) is 0. The van der Waals surface area contributed by atoms with E-state index in [2.05, 4.69) is 0 Å². The minimum atomic E-state index is -3.67. The molecule has 0 heterocycles. The average molecular weight is 118 g/mol. The Balaban J connectivity index is 0. The van der Waals surface area contributed by atoms with Gasteiger partial charge in [-0.3, -0.25) is 4.55 Å². The summed E-state index contributed by atoms with van der Waals surface area (Å²) in [5.41, 5.74) is 2.00. The molecule has 0 fully saturated rings. The molecule has 0 spiro atoms. The first-order chi connectivity index (χ1) is 3.00. The van der Waals surface area contributed by atoms with E-state index in [-0.39, 0.29) is 0 Å². The van der Waals surface area contributed by atoms with Gasteiger partial charge in [0, 0.05) is 0 Å². The predicted octanol–water partition coefficient (Wildman–Crippen LogP) is -0.293. The van der Waals surface area contributed by atoms with Crippen molar-refractivity contribution in [2.24, 2.45) is 0 Å². The molecule has 0 aromatic heterocycles. The van der Waals surface area contributed by atoms with Gasteiger partial charge in [0.25, 0.3) is 10.1 Å². The zero-order chi connectivity index (χ0) is 6.50. The molecule has 7 heavy (non-hydrogen) atoms. The van der Waals surface area contributed by atoms with Crippen molar-refractivity contribution in [1.29, 1.82) is 0 Å². The van der Waals surface area contributed by atoms with E-state index >= 15 is 0 Å². The summed E-state index contributed by atoms with van der Waals surface area (Å²) in [7, 11) is -3.67. The SMILES string of the molecule is CS(=O)(=O)O.[Li][CH3]. The molecule has 0 aliphatic heterocycles. The number of hydrogen-bond acceptors (Lipinski definition) is 2. The van der Waals surface area contributed by atoms with Crippen LogP contribution in [0.15, 0.2) is 0 Å². The van der Waals surface area contributed by atoms with Gasteiger partial charge < -0.3 is 0 Å². The molecule has 0 saturated carbocycles. The van der Waals surface area contributed by atoms with Gasteiger partial charge in [0.15, 0.2) is 0 Å². The van der Waals surface area contributed by atoms with Crippen LogP contribution in [-0.4, -0.2) is 36.9 Å². The molecular formula is C2H7LiO3S. The van der Waals surface area contributed by atoms with E-state index in [1.54, 1.807) is 0 Å². The van der Waals surface area contributed by atoms with Gasteiger partial charge in [-0.15, -0.1) is 0 Å². The van der Waals surface area contributed by atoms with Gasteiger partial charge in [0.1, 0.15) is 0 Å². The van der Waals surface area contributed by atoms with E-state index in [0.29, 0.717) is 6.26 Å². The Bertz CT molecular complexity index is 96.1. The molecule has 0 unspecified atom stereocenters. The zero-order valence-corrected chi connectivity index (χ0v) is 5.49. The van der Waals surface area contributed by atoms with E-state index < -0.39 is 10.1 Å². The van der Waals surface area contributed by atoms with Crippen LogP contribution in [0.2, 0.25) is 5.60 Å². The second kappa shape index (κ2) is 4.66. The van der Waals surface area contributed by atoms with Crippen LogP contribution in [0.25, 0.3) is 0 Å². The van der Waals surface area contributed by atoms with Crippen molar-refractivity contribution in [2.45, 2.75) is 5.60 Å². The average Bonchev–Trinajstić information content (AvgIpc) is 1.36. The molecule has 40 valence electrons. The molecule has 0 saturated heterocycles. The maximum atomic E-state index is 9.19. The third kappa shape index (κ3) is 514. The van der Waals surface area contributed by atoms with E-state index in [1.165, 1.54) is 0 Å². The first kappa shape index (κ1) is 10.5. The van der Waals surface area contributed by atoms with Crippen LogP contribution < -0.4 is 0 Å².